The van der Waals surface area contributed by atoms with Crippen molar-refractivity contribution in [2.75, 3.05) is 19.3 Å². The fourth-order valence-electron chi connectivity index (χ4n) is 3.53. The lowest BCUT2D eigenvalue weighted by molar-refractivity contribution is 0.221. The minimum absolute atomic E-state index is 0.307. The number of nitrogens with zero attached hydrogens (tertiary/aromatic N) is 3. The number of rotatable bonds is 3. The molecule has 4 rings (SSSR count). The Morgan fingerprint density at radius 3 is 2.85 bits per heavy atom. The summed E-state index contributed by atoms with van der Waals surface area (Å²) >= 11 is 1.67. The molecule has 1 aliphatic heterocycles. The molecule has 0 fully saturated rings. The first-order valence-corrected chi connectivity index (χ1v) is 11.6. The lowest BCUT2D eigenvalue weighted by atomic mass is 10.1. The van der Waals surface area contributed by atoms with Gasteiger partial charge in [0.15, 0.2) is 0 Å². The molecule has 5 nitrogen and oxygen atoms in total. The van der Waals surface area contributed by atoms with Crippen LogP contribution in [0.5, 0.6) is 0 Å². The van der Waals surface area contributed by atoms with Crippen molar-refractivity contribution in [1.82, 2.24) is 14.9 Å². The Hall–Kier alpha value is -1.83. The number of nitrogens with one attached hydrogen (secondary N) is 1. The molecular weight excluding hydrogens is 364 g/mol. The fraction of sp³-hybridized carbons (Fsp3) is 0.368. The largest absolute Gasteiger partial charge is 0.296 e. The second-order valence-corrected chi connectivity index (χ2v) is 9.96. The fourth-order valence-corrected chi connectivity index (χ4v) is 4.81. The highest BCUT2D eigenvalue weighted by Crippen LogP contribution is 2.28. The first-order valence-electron chi connectivity index (χ1n) is 8.70. The van der Waals surface area contributed by atoms with Crippen LogP contribution in [0.1, 0.15) is 29.8 Å². The van der Waals surface area contributed by atoms with Crippen LogP contribution in [-0.2, 0) is 22.6 Å². The average Bonchev–Trinajstić information content (AvgIpc) is 2.98. The van der Waals surface area contributed by atoms with Gasteiger partial charge in [0.2, 0.25) is 0 Å². The topological polar surface area (TPSA) is 69.9 Å². The lowest BCUT2D eigenvalue weighted by Gasteiger charge is -2.27. The highest BCUT2D eigenvalue weighted by atomic mass is 32.2. The molecule has 0 amide bonds. The molecule has 7 heteroatoms. The Labute approximate surface area is 158 Å². The van der Waals surface area contributed by atoms with E-state index in [1.165, 1.54) is 16.5 Å². The van der Waals surface area contributed by atoms with Crippen LogP contribution in [-0.4, -0.2) is 38.4 Å². The third-order valence-electron chi connectivity index (χ3n) is 5.17. The van der Waals surface area contributed by atoms with Crippen LogP contribution in [0.15, 0.2) is 40.9 Å². The summed E-state index contributed by atoms with van der Waals surface area (Å²) < 4.78 is 21.0. The van der Waals surface area contributed by atoms with Crippen LogP contribution < -0.4 is 0 Å². The number of hydrogen-bond donors (Lipinski definition) is 1. The van der Waals surface area contributed by atoms with E-state index in [4.69, 9.17) is 4.78 Å². The van der Waals surface area contributed by atoms with Crippen LogP contribution in [0, 0.1) is 4.78 Å². The van der Waals surface area contributed by atoms with E-state index in [1.807, 2.05) is 11.6 Å². The molecule has 0 radical (unpaired) electrons. The molecule has 0 aliphatic carbocycles. The number of benzene rings is 1. The van der Waals surface area contributed by atoms with Crippen LogP contribution in [0.3, 0.4) is 0 Å². The number of thiazole rings is 1. The van der Waals surface area contributed by atoms with Gasteiger partial charge in [-0.2, -0.15) is 0 Å². The van der Waals surface area contributed by atoms with Gasteiger partial charge in [-0.05, 0) is 42.7 Å². The molecule has 3 aromatic rings. The quantitative estimate of drug-likeness (QED) is 0.741. The Morgan fingerprint density at radius 2 is 2.04 bits per heavy atom. The molecule has 26 heavy (non-hydrogen) atoms. The number of hydrogen-bond acceptors (Lipinski definition) is 6. The van der Waals surface area contributed by atoms with Crippen LogP contribution in [0.2, 0.25) is 0 Å². The van der Waals surface area contributed by atoms with Crippen molar-refractivity contribution in [1.29, 1.82) is 4.78 Å². The molecule has 0 bridgehead atoms. The third-order valence-corrected chi connectivity index (χ3v) is 7.11. The zero-order chi connectivity index (χ0) is 18.3. The second-order valence-electron chi connectivity index (χ2n) is 6.91. The Bertz CT molecular complexity index is 1060. The summed E-state index contributed by atoms with van der Waals surface area (Å²) in [5.41, 5.74) is 6.45. The van der Waals surface area contributed by atoms with Gasteiger partial charge in [-0.15, -0.1) is 11.3 Å². The molecular formula is C19H22N4OS2. The maximum atomic E-state index is 12.0. The molecule has 0 spiro atoms. The molecule has 1 aromatic carbocycles. The van der Waals surface area contributed by atoms with Crippen molar-refractivity contribution in [2.24, 2.45) is 0 Å². The van der Waals surface area contributed by atoms with E-state index in [1.54, 1.807) is 17.5 Å². The van der Waals surface area contributed by atoms with Crippen molar-refractivity contribution < 1.29 is 4.21 Å². The lowest BCUT2D eigenvalue weighted by Crippen LogP contribution is -2.29. The summed E-state index contributed by atoms with van der Waals surface area (Å²) in [6.45, 7) is 4.11. The van der Waals surface area contributed by atoms with E-state index < -0.39 is 9.73 Å². The van der Waals surface area contributed by atoms with Crippen molar-refractivity contribution in [2.45, 2.75) is 30.7 Å². The minimum Gasteiger partial charge on any atom is -0.296 e. The van der Waals surface area contributed by atoms with E-state index in [9.17, 15) is 4.21 Å². The van der Waals surface area contributed by atoms with Crippen molar-refractivity contribution in [3.05, 3.63) is 52.8 Å². The summed E-state index contributed by atoms with van der Waals surface area (Å²) in [7, 11) is -2.72. The predicted molar refractivity (Wildman–Crippen MR) is 106 cm³/mol. The maximum Gasteiger partial charge on any atom is 0.0815 e. The van der Waals surface area contributed by atoms with Gasteiger partial charge in [-0.1, -0.05) is 6.07 Å². The van der Waals surface area contributed by atoms with Gasteiger partial charge in [0, 0.05) is 43.7 Å². The third kappa shape index (κ3) is 3.39. The SMILES string of the molecule is C[C@@H](c1ccc2scnc2c1)N1CCc2cc(S(C)(=N)=O)cnc2CC1. The molecule has 1 N–H and O–H groups in total. The molecule has 0 saturated heterocycles. The predicted octanol–water partition coefficient (Wildman–Crippen LogP) is 3.89. The van der Waals surface area contributed by atoms with Gasteiger partial charge in [-0.25, -0.2) is 14.0 Å². The van der Waals surface area contributed by atoms with Crippen molar-refractivity contribution in [3.63, 3.8) is 0 Å². The zero-order valence-electron chi connectivity index (χ0n) is 14.9. The van der Waals surface area contributed by atoms with Crippen molar-refractivity contribution in [3.8, 4) is 0 Å². The smallest absolute Gasteiger partial charge is 0.0815 e. The Morgan fingerprint density at radius 1 is 1.23 bits per heavy atom. The summed E-state index contributed by atoms with van der Waals surface area (Å²) in [5.74, 6) is 0. The summed E-state index contributed by atoms with van der Waals surface area (Å²) in [4.78, 5) is 12.0. The Kier molecular flexibility index (Phi) is 4.54. The van der Waals surface area contributed by atoms with E-state index >= 15 is 0 Å². The molecule has 3 heterocycles. The first kappa shape index (κ1) is 17.6. The van der Waals surface area contributed by atoms with Gasteiger partial charge in [0.05, 0.1) is 30.4 Å². The summed E-state index contributed by atoms with van der Waals surface area (Å²) in [6, 6.07) is 8.78. The van der Waals surface area contributed by atoms with Gasteiger partial charge in [-0.3, -0.25) is 9.88 Å². The normalized spacial score (nSPS) is 18.8. The molecule has 0 saturated carbocycles. The maximum absolute atomic E-state index is 12.0. The van der Waals surface area contributed by atoms with E-state index in [0.29, 0.717) is 10.9 Å². The number of fused-ring (bicyclic) bond motifs is 2. The highest BCUT2D eigenvalue weighted by Gasteiger charge is 2.21. The average molecular weight is 387 g/mol. The molecule has 2 aromatic heterocycles. The first-order chi connectivity index (χ1) is 12.4. The van der Waals surface area contributed by atoms with Gasteiger partial charge in [0.25, 0.3) is 0 Å². The van der Waals surface area contributed by atoms with E-state index in [0.717, 1.165) is 42.7 Å². The second kappa shape index (κ2) is 6.72. The van der Waals surface area contributed by atoms with Gasteiger partial charge in [0.1, 0.15) is 0 Å². The highest BCUT2D eigenvalue weighted by molar-refractivity contribution is 7.91. The molecule has 136 valence electrons. The van der Waals surface area contributed by atoms with Crippen LogP contribution in [0.25, 0.3) is 10.2 Å². The minimum atomic E-state index is -2.72. The monoisotopic (exact) mass is 386 g/mol. The van der Waals surface area contributed by atoms with Gasteiger partial charge >= 0.3 is 0 Å². The molecule has 1 aliphatic rings. The standard InChI is InChI=1S/C19H22N4OS2/c1-13(14-3-4-19-18(10-14)22-12-25-19)23-7-5-15-9-16(26(2,20)24)11-21-17(15)6-8-23/h3-4,9-13,20H,5-8H2,1-2H3/t13-,26?/m0/s1. The Balaban J connectivity index is 1.56. The van der Waals surface area contributed by atoms with Crippen LogP contribution >= 0.6 is 11.3 Å². The van der Waals surface area contributed by atoms with Crippen LogP contribution in [0.4, 0.5) is 0 Å². The summed E-state index contributed by atoms with van der Waals surface area (Å²) in [6.07, 6.45) is 4.82. The summed E-state index contributed by atoms with van der Waals surface area (Å²) in [5, 5.41) is 0. The number of pyridine rings is 1. The van der Waals surface area contributed by atoms with E-state index in [-0.39, 0.29) is 0 Å². The molecule has 2 atom stereocenters. The zero-order valence-corrected chi connectivity index (χ0v) is 16.6. The molecule has 1 unspecified atom stereocenters. The van der Waals surface area contributed by atoms with E-state index in [2.05, 4.69) is 40.0 Å². The van der Waals surface area contributed by atoms with Crippen molar-refractivity contribution >= 4 is 31.3 Å². The van der Waals surface area contributed by atoms with Gasteiger partial charge < -0.3 is 0 Å². The number of aromatic nitrogens is 2.